The number of hydrogen-bond donors (Lipinski definition) is 8. The minimum atomic E-state index is -2.27. The molecule has 0 aromatic heterocycles. The molecule has 20 heavy (non-hydrogen) atoms. The van der Waals surface area contributed by atoms with Crippen molar-refractivity contribution in [2.24, 2.45) is 0 Å². The molecule has 0 aromatic rings. The van der Waals surface area contributed by atoms with Gasteiger partial charge in [-0.2, -0.15) is 0 Å². The lowest BCUT2D eigenvalue weighted by atomic mass is 10.2. The zero-order valence-electron chi connectivity index (χ0n) is 9.52. The van der Waals surface area contributed by atoms with Crippen molar-refractivity contribution >= 4 is 23.9 Å². The molecule has 0 radical (unpaired) electrons. The van der Waals surface area contributed by atoms with Crippen LogP contribution in [0.2, 0.25) is 0 Å². The fourth-order valence-electron chi connectivity index (χ4n) is 0.540. The SMILES string of the molecule is O=C(O)C(O)C(O)C(=O)O.O=C(O)[C@H](O)[C@@H](O)C(=O)O. The lowest BCUT2D eigenvalue weighted by molar-refractivity contribution is -0.165. The molecule has 0 aromatic carbocycles. The van der Waals surface area contributed by atoms with E-state index >= 15 is 0 Å². The van der Waals surface area contributed by atoms with Crippen molar-refractivity contribution in [1.82, 2.24) is 0 Å². The Balaban J connectivity index is 0. The van der Waals surface area contributed by atoms with Gasteiger partial charge in [0, 0.05) is 0 Å². The van der Waals surface area contributed by atoms with E-state index in [-0.39, 0.29) is 0 Å². The number of aliphatic carboxylic acids is 4. The van der Waals surface area contributed by atoms with Crippen LogP contribution in [0.1, 0.15) is 0 Å². The first-order chi connectivity index (χ1) is 8.93. The van der Waals surface area contributed by atoms with Crippen LogP contribution in [0, 0.1) is 0 Å². The number of hydrogen-bond acceptors (Lipinski definition) is 8. The molecule has 12 nitrogen and oxygen atoms in total. The van der Waals surface area contributed by atoms with E-state index in [1.807, 2.05) is 0 Å². The Bertz CT molecular complexity index is 304. The van der Waals surface area contributed by atoms with Crippen LogP contribution in [0.15, 0.2) is 0 Å². The first kappa shape index (κ1) is 20.0. The van der Waals surface area contributed by atoms with Gasteiger partial charge in [0.1, 0.15) is 0 Å². The van der Waals surface area contributed by atoms with Crippen LogP contribution in [0.25, 0.3) is 0 Å². The van der Waals surface area contributed by atoms with Gasteiger partial charge < -0.3 is 40.9 Å². The normalized spacial score (nSPS) is 15.8. The lowest BCUT2D eigenvalue weighted by Crippen LogP contribution is -2.39. The van der Waals surface area contributed by atoms with Gasteiger partial charge in [0.2, 0.25) is 0 Å². The van der Waals surface area contributed by atoms with Crippen molar-refractivity contribution in [1.29, 1.82) is 0 Å². The fraction of sp³-hybridized carbons (Fsp3) is 0.500. The van der Waals surface area contributed by atoms with Crippen LogP contribution < -0.4 is 0 Å². The molecule has 0 heterocycles. The molecular formula is C8H12O12. The fourth-order valence-corrected chi connectivity index (χ4v) is 0.540. The van der Waals surface area contributed by atoms with Gasteiger partial charge in [-0.25, -0.2) is 19.2 Å². The molecule has 0 spiro atoms. The summed E-state index contributed by atoms with van der Waals surface area (Å²) < 4.78 is 0. The maximum atomic E-state index is 9.77. The Morgan fingerprint density at radius 1 is 0.450 bits per heavy atom. The van der Waals surface area contributed by atoms with Gasteiger partial charge in [-0.05, 0) is 0 Å². The standard InChI is InChI=1S/2C4H6O6/c2*5-1(3(7)8)2(6)4(9)10/h2*1-2,5-6H,(H,7,8)(H,9,10)/t1-,2-;/m1./s1. The summed E-state index contributed by atoms with van der Waals surface area (Å²) in [5, 5.41) is 65.1. The third kappa shape index (κ3) is 7.22. The van der Waals surface area contributed by atoms with Gasteiger partial charge in [0.15, 0.2) is 24.4 Å². The minimum Gasteiger partial charge on any atom is -0.479 e. The maximum Gasteiger partial charge on any atom is 0.335 e. The molecule has 0 aliphatic heterocycles. The van der Waals surface area contributed by atoms with Crippen LogP contribution in [0.5, 0.6) is 0 Å². The highest BCUT2D eigenvalue weighted by atomic mass is 16.4. The van der Waals surface area contributed by atoms with Gasteiger partial charge in [-0.1, -0.05) is 0 Å². The molecule has 4 atom stereocenters. The van der Waals surface area contributed by atoms with Crippen molar-refractivity contribution in [2.45, 2.75) is 24.4 Å². The van der Waals surface area contributed by atoms with Crippen LogP contribution in [-0.4, -0.2) is 89.1 Å². The van der Waals surface area contributed by atoms with E-state index in [1.54, 1.807) is 0 Å². The van der Waals surface area contributed by atoms with E-state index < -0.39 is 48.3 Å². The molecule has 0 saturated carbocycles. The topological polar surface area (TPSA) is 230 Å². The number of carbonyl (C=O) groups is 4. The average molecular weight is 300 g/mol. The molecule has 8 N–H and O–H groups in total. The molecule has 0 aliphatic carbocycles. The molecule has 0 fully saturated rings. The Morgan fingerprint density at radius 3 is 0.600 bits per heavy atom. The summed E-state index contributed by atoms with van der Waals surface area (Å²) in [7, 11) is 0. The van der Waals surface area contributed by atoms with Gasteiger partial charge in [0.05, 0.1) is 0 Å². The quantitative estimate of drug-likeness (QED) is 0.233. The van der Waals surface area contributed by atoms with Crippen molar-refractivity contribution in [2.75, 3.05) is 0 Å². The highest BCUT2D eigenvalue weighted by Gasteiger charge is 2.30. The zero-order valence-corrected chi connectivity index (χ0v) is 9.52. The molecule has 0 amide bonds. The summed E-state index contributed by atoms with van der Waals surface area (Å²) in [5.41, 5.74) is 0. The van der Waals surface area contributed by atoms with Gasteiger partial charge >= 0.3 is 23.9 Å². The van der Waals surface area contributed by atoms with E-state index in [0.29, 0.717) is 0 Å². The van der Waals surface area contributed by atoms with Crippen molar-refractivity contribution < 1.29 is 60.0 Å². The Kier molecular flexibility index (Phi) is 8.78. The van der Waals surface area contributed by atoms with Crippen molar-refractivity contribution in [3.63, 3.8) is 0 Å². The monoisotopic (exact) mass is 300 g/mol. The Morgan fingerprint density at radius 2 is 0.550 bits per heavy atom. The second-order valence-corrected chi connectivity index (χ2v) is 3.13. The summed E-state index contributed by atoms with van der Waals surface area (Å²) in [4.78, 5) is 39.1. The third-order valence-electron chi connectivity index (χ3n) is 1.61. The first-order valence-corrected chi connectivity index (χ1v) is 4.57. The van der Waals surface area contributed by atoms with Gasteiger partial charge in [-0.15, -0.1) is 0 Å². The second-order valence-electron chi connectivity index (χ2n) is 3.13. The number of aliphatic hydroxyl groups excluding tert-OH is 4. The minimum absolute atomic E-state index is 1.77. The molecule has 2 unspecified atom stereocenters. The average Bonchev–Trinajstić information content (AvgIpc) is 2.35. The van der Waals surface area contributed by atoms with Gasteiger partial charge in [0.25, 0.3) is 0 Å². The van der Waals surface area contributed by atoms with E-state index in [1.165, 1.54) is 0 Å². The number of carboxylic acids is 4. The van der Waals surface area contributed by atoms with E-state index in [9.17, 15) is 19.2 Å². The summed E-state index contributed by atoms with van der Waals surface area (Å²) in [6, 6.07) is 0. The summed E-state index contributed by atoms with van der Waals surface area (Å²) >= 11 is 0. The van der Waals surface area contributed by atoms with Crippen molar-refractivity contribution in [3.05, 3.63) is 0 Å². The van der Waals surface area contributed by atoms with Crippen molar-refractivity contribution in [3.8, 4) is 0 Å². The van der Waals surface area contributed by atoms with Crippen LogP contribution in [-0.2, 0) is 19.2 Å². The summed E-state index contributed by atoms with van der Waals surface area (Å²) in [6.07, 6.45) is -9.06. The lowest BCUT2D eigenvalue weighted by Gasteiger charge is -2.07. The molecule has 0 aliphatic rings. The predicted molar refractivity (Wildman–Crippen MR) is 54.6 cm³/mol. The summed E-state index contributed by atoms with van der Waals surface area (Å²) in [5.74, 6) is -7.07. The molecule has 116 valence electrons. The predicted octanol–water partition coefficient (Wildman–Crippen LogP) is -4.25. The largest absolute Gasteiger partial charge is 0.479 e. The highest BCUT2D eigenvalue weighted by molar-refractivity contribution is 5.83. The van der Waals surface area contributed by atoms with E-state index in [0.717, 1.165) is 0 Å². The smallest absolute Gasteiger partial charge is 0.335 e. The molecule has 0 rings (SSSR count). The van der Waals surface area contributed by atoms with Crippen LogP contribution in [0.3, 0.4) is 0 Å². The van der Waals surface area contributed by atoms with Crippen LogP contribution in [0.4, 0.5) is 0 Å². The summed E-state index contributed by atoms with van der Waals surface area (Å²) in [6.45, 7) is 0. The van der Waals surface area contributed by atoms with Crippen LogP contribution >= 0.6 is 0 Å². The Hall–Kier alpha value is -2.28. The van der Waals surface area contributed by atoms with E-state index in [4.69, 9.17) is 40.9 Å². The first-order valence-electron chi connectivity index (χ1n) is 4.57. The molecule has 12 heteroatoms. The Labute approximate surface area is 109 Å². The zero-order chi connectivity index (χ0) is 16.6. The van der Waals surface area contributed by atoms with E-state index in [2.05, 4.69) is 0 Å². The maximum absolute atomic E-state index is 9.77. The number of rotatable bonds is 6. The molecular weight excluding hydrogens is 288 g/mol. The second kappa shape index (κ2) is 8.76. The molecule has 0 saturated heterocycles. The number of carboxylic acid groups (broad SMARTS) is 4. The highest BCUT2D eigenvalue weighted by Crippen LogP contribution is 1.93. The third-order valence-corrected chi connectivity index (χ3v) is 1.61. The molecule has 0 bridgehead atoms. The number of aliphatic hydroxyl groups is 4. The van der Waals surface area contributed by atoms with Gasteiger partial charge in [-0.3, -0.25) is 0 Å².